The lowest BCUT2D eigenvalue weighted by Gasteiger charge is -2.14. The van der Waals surface area contributed by atoms with Crippen LogP contribution in [0.1, 0.15) is 30.5 Å². The second-order valence-corrected chi connectivity index (χ2v) is 6.61. The lowest BCUT2D eigenvalue weighted by atomic mass is 10.0. The first-order chi connectivity index (χ1) is 12.0. The van der Waals surface area contributed by atoms with Gasteiger partial charge in [0.25, 0.3) is 5.69 Å². The molecule has 0 aliphatic heterocycles. The summed E-state index contributed by atoms with van der Waals surface area (Å²) in [6.45, 7) is 4.15. The number of hydrogen-bond acceptors (Lipinski definition) is 4. The second-order valence-electron chi connectivity index (χ2n) is 5.62. The standard InChI is InChI=1S/C19H22N2O3S/c1-3-15-6-5-7-16(4-2)19(15)20-18(22)13-25-12-14-8-10-17(11-9-14)21(23)24/h5-11H,3-4,12-13H2,1-2H3,(H,20,22). The number of hydrogen-bond donors (Lipinski definition) is 1. The van der Waals surface area contributed by atoms with E-state index in [0.717, 1.165) is 35.2 Å². The number of amides is 1. The smallest absolute Gasteiger partial charge is 0.269 e. The lowest BCUT2D eigenvalue weighted by Crippen LogP contribution is -2.16. The van der Waals surface area contributed by atoms with Gasteiger partial charge in [-0.1, -0.05) is 44.2 Å². The first kappa shape index (κ1) is 19.0. The van der Waals surface area contributed by atoms with Crippen molar-refractivity contribution in [3.05, 3.63) is 69.3 Å². The Kier molecular flexibility index (Phi) is 7.01. The van der Waals surface area contributed by atoms with E-state index in [1.165, 1.54) is 23.9 Å². The van der Waals surface area contributed by atoms with Crippen LogP contribution in [0.5, 0.6) is 0 Å². The number of benzene rings is 2. The van der Waals surface area contributed by atoms with Crippen LogP contribution in [0.15, 0.2) is 42.5 Å². The summed E-state index contributed by atoms with van der Waals surface area (Å²) >= 11 is 1.49. The SMILES string of the molecule is CCc1cccc(CC)c1NC(=O)CSCc1ccc([N+](=O)[O-])cc1. The molecule has 0 radical (unpaired) electrons. The van der Waals surface area contributed by atoms with Gasteiger partial charge in [-0.25, -0.2) is 0 Å². The number of nitrogens with zero attached hydrogens (tertiary/aromatic N) is 1. The molecule has 2 aromatic carbocycles. The highest BCUT2D eigenvalue weighted by Gasteiger charge is 2.10. The molecule has 0 spiro atoms. The van der Waals surface area contributed by atoms with Crippen molar-refractivity contribution in [2.24, 2.45) is 0 Å². The normalized spacial score (nSPS) is 10.5. The van der Waals surface area contributed by atoms with Crippen LogP contribution in [0.2, 0.25) is 0 Å². The Morgan fingerprint density at radius 3 is 2.20 bits per heavy atom. The predicted octanol–water partition coefficient (Wildman–Crippen LogP) is 4.59. The van der Waals surface area contributed by atoms with Gasteiger partial charge in [0.1, 0.15) is 0 Å². The van der Waals surface area contributed by atoms with E-state index in [4.69, 9.17) is 0 Å². The number of rotatable bonds is 8. The molecule has 0 fully saturated rings. The first-order valence-electron chi connectivity index (χ1n) is 8.26. The lowest BCUT2D eigenvalue weighted by molar-refractivity contribution is -0.384. The number of aryl methyl sites for hydroxylation is 2. The van der Waals surface area contributed by atoms with Crippen molar-refractivity contribution >= 4 is 29.0 Å². The quantitative estimate of drug-likeness (QED) is 0.553. The monoisotopic (exact) mass is 358 g/mol. The number of nitro benzene ring substituents is 1. The average molecular weight is 358 g/mol. The Labute approximate surface area is 152 Å². The molecule has 2 rings (SSSR count). The van der Waals surface area contributed by atoms with Gasteiger partial charge >= 0.3 is 0 Å². The van der Waals surface area contributed by atoms with E-state index >= 15 is 0 Å². The molecule has 132 valence electrons. The number of nitro groups is 1. The predicted molar refractivity (Wildman–Crippen MR) is 103 cm³/mol. The molecule has 2 aromatic rings. The molecule has 0 atom stereocenters. The van der Waals surface area contributed by atoms with Crippen molar-refractivity contribution in [2.45, 2.75) is 32.4 Å². The van der Waals surface area contributed by atoms with Crippen LogP contribution in [-0.4, -0.2) is 16.6 Å². The number of nitrogens with one attached hydrogen (secondary N) is 1. The van der Waals surface area contributed by atoms with E-state index < -0.39 is 4.92 Å². The Bertz CT molecular complexity index is 723. The third-order valence-electron chi connectivity index (χ3n) is 3.91. The summed E-state index contributed by atoms with van der Waals surface area (Å²) in [5, 5.41) is 13.7. The van der Waals surface area contributed by atoms with E-state index in [-0.39, 0.29) is 11.6 Å². The highest BCUT2D eigenvalue weighted by molar-refractivity contribution is 7.99. The summed E-state index contributed by atoms with van der Waals surface area (Å²) in [5.41, 5.74) is 4.27. The molecule has 5 nitrogen and oxygen atoms in total. The maximum Gasteiger partial charge on any atom is 0.269 e. The van der Waals surface area contributed by atoms with Gasteiger partial charge in [0.05, 0.1) is 10.7 Å². The van der Waals surface area contributed by atoms with E-state index in [2.05, 4.69) is 19.2 Å². The van der Waals surface area contributed by atoms with Gasteiger partial charge in [0.2, 0.25) is 5.91 Å². The van der Waals surface area contributed by atoms with Crippen LogP contribution in [0.4, 0.5) is 11.4 Å². The zero-order valence-corrected chi connectivity index (χ0v) is 15.3. The van der Waals surface area contributed by atoms with Crippen LogP contribution < -0.4 is 5.32 Å². The molecule has 6 heteroatoms. The average Bonchev–Trinajstić information content (AvgIpc) is 2.62. The molecule has 0 saturated heterocycles. The van der Waals surface area contributed by atoms with Gasteiger partial charge in [-0.15, -0.1) is 11.8 Å². The zero-order chi connectivity index (χ0) is 18.2. The molecule has 0 aliphatic rings. The maximum absolute atomic E-state index is 12.3. The van der Waals surface area contributed by atoms with Gasteiger partial charge in [0.15, 0.2) is 0 Å². The van der Waals surface area contributed by atoms with Crippen LogP contribution in [0, 0.1) is 10.1 Å². The maximum atomic E-state index is 12.3. The van der Waals surface area contributed by atoms with Crippen molar-refractivity contribution in [3.63, 3.8) is 0 Å². The number of thioether (sulfide) groups is 1. The number of non-ortho nitro benzene ring substituents is 1. The van der Waals surface area contributed by atoms with Crippen molar-refractivity contribution in [1.82, 2.24) is 0 Å². The number of anilines is 1. The van der Waals surface area contributed by atoms with Crippen LogP contribution >= 0.6 is 11.8 Å². The fourth-order valence-electron chi connectivity index (χ4n) is 2.55. The van der Waals surface area contributed by atoms with Crippen molar-refractivity contribution in [2.75, 3.05) is 11.1 Å². The summed E-state index contributed by atoms with van der Waals surface area (Å²) < 4.78 is 0. The minimum absolute atomic E-state index is 0.0255. The first-order valence-corrected chi connectivity index (χ1v) is 9.42. The molecule has 25 heavy (non-hydrogen) atoms. The highest BCUT2D eigenvalue weighted by atomic mass is 32.2. The molecule has 0 saturated carbocycles. The van der Waals surface area contributed by atoms with Crippen molar-refractivity contribution < 1.29 is 9.72 Å². The van der Waals surface area contributed by atoms with Gasteiger partial charge in [-0.3, -0.25) is 14.9 Å². The largest absolute Gasteiger partial charge is 0.325 e. The van der Waals surface area contributed by atoms with Gasteiger partial charge in [-0.2, -0.15) is 0 Å². The highest BCUT2D eigenvalue weighted by Crippen LogP contribution is 2.23. The molecule has 1 amide bonds. The molecule has 0 bridgehead atoms. The molecule has 1 N–H and O–H groups in total. The molecule has 0 aliphatic carbocycles. The topological polar surface area (TPSA) is 72.2 Å². The van der Waals surface area contributed by atoms with Gasteiger partial charge in [0, 0.05) is 23.6 Å². The molecule has 0 heterocycles. The Balaban J connectivity index is 1.90. The fraction of sp³-hybridized carbons (Fsp3) is 0.316. The summed E-state index contributed by atoms with van der Waals surface area (Å²) in [4.78, 5) is 22.5. The van der Waals surface area contributed by atoms with E-state index in [1.54, 1.807) is 12.1 Å². The Morgan fingerprint density at radius 1 is 1.08 bits per heavy atom. The second kappa shape index (κ2) is 9.22. The van der Waals surface area contributed by atoms with E-state index in [1.807, 2.05) is 18.2 Å². The van der Waals surface area contributed by atoms with Gasteiger partial charge in [-0.05, 0) is 29.5 Å². The van der Waals surface area contributed by atoms with Crippen LogP contribution in [0.3, 0.4) is 0 Å². The molecule has 0 aromatic heterocycles. The summed E-state index contributed by atoms with van der Waals surface area (Å²) in [7, 11) is 0. The van der Waals surface area contributed by atoms with Crippen LogP contribution in [0.25, 0.3) is 0 Å². The molecule has 0 unspecified atom stereocenters. The zero-order valence-electron chi connectivity index (χ0n) is 14.5. The van der Waals surface area contributed by atoms with Crippen LogP contribution in [-0.2, 0) is 23.4 Å². The van der Waals surface area contributed by atoms with Crippen molar-refractivity contribution in [1.29, 1.82) is 0 Å². The summed E-state index contributed by atoms with van der Waals surface area (Å²) in [6.07, 6.45) is 1.75. The number of carbonyl (C=O) groups excluding carboxylic acids is 1. The fourth-order valence-corrected chi connectivity index (χ4v) is 3.34. The number of para-hydroxylation sites is 1. The Morgan fingerprint density at radius 2 is 1.68 bits per heavy atom. The summed E-state index contributed by atoms with van der Waals surface area (Å²) in [5.74, 6) is 0.960. The minimum Gasteiger partial charge on any atom is -0.325 e. The Hall–Kier alpha value is -2.34. The third-order valence-corrected chi connectivity index (χ3v) is 4.92. The summed E-state index contributed by atoms with van der Waals surface area (Å²) in [6, 6.07) is 12.5. The van der Waals surface area contributed by atoms with E-state index in [9.17, 15) is 14.9 Å². The van der Waals surface area contributed by atoms with E-state index in [0.29, 0.717) is 11.5 Å². The molecular weight excluding hydrogens is 336 g/mol. The third kappa shape index (κ3) is 5.32. The minimum atomic E-state index is -0.416. The number of carbonyl (C=O) groups is 1. The van der Waals surface area contributed by atoms with Gasteiger partial charge < -0.3 is 5.32 Å². The molecular formula is C19H22N2O3S. The van der Waals surface area contributed by atoms with Crippen molar-refractivity contribution in [3.8, 4) is 0 Å².